The van der Waals surface area contributed by atoms with Crippen LogP contribution in [0.4, 0.5) is 18.9 Å². The number of aromatic nitrogens is 1. The monoisotopic (exact) mass is 245 g/mol. The van der Waals surface area contributed by atoms with Gasteiger partial charge in [0.2, 0.25) is 0 Å². The van der Waals surface area contributed by atoms with Crippen LogP contribution in [0.3, 0.4) is 0 Å². The normalized spacial score (nSPS) is 17.6. The summed E-state index contributed by atoms with van der Waals surface area (Å²) in [6.07, 6.45) is -2.08. The van der Waals surface area contributed by atoms with Gasteiger partial charge in [-0.1, -0.05) is 0 Å². The number of nitrogen functional groups attached to an aromatic ring is 1. The Hall–Kier alpha value is -1.79. The number of halogens is 3. The summed E-state index contributed by atoms with van der Waals surface area (Å²) >= 11 is 0. The Morgan fingerprint density at radius 1 is 1.47 bits per heavy atom. The van der Waals surface area contributed by atoms with Crippen LogP contribution in [0.5, 0.6) is 0 Å². The van der Waals surface area contributed by atoms with Gasteiger partial charge in [-0.15, -0.1) is 0 Å². The molecule has 4 nitrogen and oxygen atoms in total. The molecule has 0 spiro atoms. The second-order valence-electron chi connectivity index (χ2n) is 4.00. The molecular formula is C10H10F3N3O. The minimum Gasteiger partial charge on any atom is -0.397 e. The molecule has 1 fully saturated rings. The molecule has 2 rings (SSSR count). The van der Waals surface area contributed by atoms with Crippen molar-refractivity contribution in [2.45, 2.75) is 24.6 Å². The van der Waals surface area contributed by atoms with Crippen molar-refractivity contribution in [3.8, 4) is 0 Å². The summed E-state index contributed by atoms with van der Waals surface area (Å²) < 4.78 is 37.8. The highest BCUT2D eigenvalue weighted by Crippen LogP contribution is 2.49. The minimum absolute atomic E-state index is 0.00975. The Kier molecular flexibility index (Phi) is 2.48. The Balaban J connectivity index is 2.16. The molecule has 0 saturated heterocycles. The first-order valence-corrected chi connectivity index (χ1v) is 4.94. The van der Waals surface area contributed by atoms with E-state index in [1.165, 1.54) is 18.5 Å². The Bertz CT molecular complexity index is 454. The summed E-state index contributed by atoms with van der Waals surface area (Å²) in [7, 11) is 0. The zero-order chi connectivity index (χ0) is 12.7. The molecule has 0 bridgehead atoms. The number of nitrogens with one attached hydrogen (secondary N) is 1. The van der Waals surface area contributed by atoms with Gasteiger partial charge in [-0.3, -0.25) is 9.78 Å². The first-order chi connectivity index (χ1) is 7.86. The van der Waals surface area contributed by atoms with E-state index in [-0.39, 0.29) is 24.1 Å². The minimum atomic E-state index is -4.43. The molecule has 7 heteroatoms. The van der Waals surface area contributed by atoms with Gasteiger partial charge < -0.3 is 11.1 Å². The first-order valence-electron chi connectivity index (χ1n) is 4.94. The Morgan fingerprint density at radius 2 is 2.12 bits per heavy atom. The molecule has 1 heterocycles. The van der Waals surface area contributed by atoms with Gasteiger partial charge in [-0.05, 0) is 18.9 Å². The van der Waals surface area contributed by atoms with Crippen molar-refractivity contribution in [3.63, 3.8) is 0 Å². The predicted molar refractivity (Wildman–Crippen MR) is 54.1 cm³/mol. The average Bonchev–Trinajstić information content (AvgIpc) is 2.98. The molecule has 17 heavy (non-hydrogen) atoms. The van der Waals surface area contributed by atoms with Gasteiger partial charge in [-0.25, -0.2) is 0 Å². The van der Waals surface area contributed by atoms with Gasteiger partial charge in [0.15, 0.2) is 0 Å². The van der Waals surface area contributed by atoms with Crippen LogP contribution >= 0.6 is 0 Å². The lowest BCUT2D eigenvalue weighted by molar-refractivity contribution is -0.163. The van der Waals surface area contributed by atoms with Gasteiger partial charge in [-0.2, -0.15) is 13.2 Å². The SMILES string of the molecule is Nc1cnccc1C(=O)NC1(C(F)(F)F)CC1. The highest BCUT2D eigenvalue weighted by molar-refractivity contribution is 5.99. The fourth-order valence-corrected chi connectivity index (χ4v) is 1.50. The largest absolute Gasteiger partial charge is 0.411 e. The second kappa shape index (κ2) is 3.61. The smallest absolute Gasteiger partial charge is 0.397 e. The van der Waals surface area contributed by atoms with Gasteiger partial charge in [0.25, 0.3) is 5.91 Å². The van der Waals surface area contributed by atoms with E-state index in [0.717, 1.165) is 0 Å². The van der Waals surface area contributed by atoms with Crippen LogP contribution in [-0.4, -0.2) is 22.6 Å². The number of nitrogens with two attached hydrogens (primary N) is 1. The van der Waals surface area contributed by atoms with Gasteiger partial charge >= 0.3 is 6.18 Å². The fourth-order valence-electron chi connectivity index (χ4n) is 1.50. The van der Waals surface area contributed by atoms with E-state index in [1.54, 1.807) is 0 Å². The number of nitrogens with zero attached hydrogens (tertiary/aromatic N) is 1. The van der Waals surface area contributed by atoms with Crippen LogP contribution in [0, 0.1) is 0 Å². The molecule has 0 unspecified atom stereocenters. The Labute approximate surface area is 95.0 Å². The molecule has 92 valence electrons. The van der Waals surface area contributed by atoms with Crippen molar-refractivity contribution in [2.24, 2.45) is 0 Å². The number of carbonyl (C=O) groups excluding carboxylic acids is 1. The number of carbonyl (C=O) groups is 1. The number of rotatable bonds is 2. The maximum atomic E-state index is 12.6. The third kappa shape index (κ3) is 2.04. The molecule has 0 aromatic carbocycles. The lowest BCUT2D eigenvalue weighted by Crippen LogP contribution is -2.48. The highest BCUT2D eigenvalue weighted by Gasteiger charge is 2.64. The maximum Gasteiger partial charge on any atom is 0.411 e. The summed E-state index contributed by atoms with van der Waals surface area (Å²) in [5.74, 6) is -0.820. The zero-order valence-corrected chi connectivity index (χ0v) is 8.71. The fraction of sp³-hybridized carbons (Fsp3) is 0.400. The molecule has 3 N–H and O–H groups in total. The molecule has 1 aliphatic carbocycles. The lowest BCUT2D eigenvalue weighted by atomic mass is 10.2. The van der Waals surface area contributed by atoms with Crippen LogP contribution in [0.15, 0.2) is 18.5 Å². The summed E-state index contributed by atoms with van der Waals surface area (Å²) in [6, 6.07) is 1.29. The number of pyridine rings is 1. The quantitative estimate of drug-likeness (QED) is 0.829. The average molecular weight is 245 g/mol. The van der Waals surface area contributed by atoms with E-state index in [0.29, 0.717) is 0 Å². The van der Waals surface area contributed by atoms with Crippen molar-refractivity contribution >= 4 is 11.6 Å². The van der Waals surface area contributed by atoms with Crippen LogP contribution < -0.4 is 11.1 Å². The summed E-state index contributed by atoms with van der Waals surface area (Å²) in [6.45, 7) is 0. The summed E-state index contributed by atoms with van der Waals surface area (Å²) in [5, 5.41) is 1.99. The van der Waals surface area contributed by atoms with E-state index < -0.39 is 17.6 Å². The topological polar surface area (TPSA) is 68.0 Å². The van der Waals surface area contributed by atoms with Crippen LogP contribution in [-0.2, 0) is 0 Å². The molecule has 1 aliphatic rings. The van der Waals surface area contributed by atoms with Crippen LogP contribution in [0.1, 0.15) is 23.2 Å². The van der Waals surface area contributed by atoms with Crippen molar-refractivity contribution in [2.75, 3.05) is 5.73 Å². The van der Waals surface area contributed by atoms with Crippen molar-refractivity contribution in [1.82, 2.24) is 10.3 Å². The molecule has 1 amide bonds. The third-order valence-electron chi connectivity index (χ3n) is 2.74. The van der Waals surface area contributed by atoms with E-state index in [2.05, 4.69) is 4.98 Å². The predicted octanol–water partition coefficient (Wildman–Crippen LogP) is 1.49. The molecule has 0 atom stereocenters. The standard InChI is InChI=1S/C10H10F3N3O/c11-10(12,13)9(2-3-9)16-8(17)6-1-4-15-5-7(6)14/h1,4-5H,2-3,14H2,(H,16,17). The van der Waals surface area contributed by atoms with Crippen LogP contribution in [0.25, 0.3) is 0 Å². The molecular weight excluding hydrogens is 235 g/mol. The maximum absolute atomic E-state index is 12.6. The molecule has 1 aromatic heterocycles. The number of anilines is 1. The van der Waals surface area contributed by atoms with Crippen molar-refractivity contribution in [3.05, 3.63) is 24.0 Å². The number of alkyl halides is 3. The third-order valence-corrected chi connectivity index (χ3v) is 2.74. The lowest BCUT2D eigenvalue weighted by Gasteiger charge is -2.20. The van der Waals surface area contributed by atoms with E-state index in [9.17, 15) is 18.0 Å². The summed E-state index contributed by atoms with van der Waals surface area (Å²) in [5.41, 5.74) is 3.46. The first kappa shape index (κ1) is 11.7. The molecule has 0 radical (unpaired) electrons. The van der Waals surface area contributed by atoms with E-state index in [1.807, 2.05) is 5.32 Å². The Morgan fingerprint density at radius 3 is 2.59 bits per heavy atom. The molecule has 1 aromatic rings. The van der Waals surface area contributed by atoms with E-state index >= 15 is 0 Å². The van der Waals surface area contributed by atoms with Crippen molar-refractivity contribution in [1.29, 1.82) is 0 Å². The number of hydrogen-bond donors (Lipinski definition) is 2. The van der Waals surface area contributed by atoms with Crippen molar-refractivity contribution < 1.29 is 18.0 Å². The van der Waals surface area contributed by atoms with Gasteiger partial charge in [0.05, 0.1) is 17.4 Å². The summed E-state index contributed by atoms with van der Waals surface area (Å²) in [4.78, 5) is 15.3. The van der Waals surface area contributed by atoms with Crippen LogP contribution in [0.2, 0.25) is 0 Å². The number of hydrogen-bond acceptors (Lipinski definition) is 3. The molecule has 0 aliphatic heterocycles. The zero-order valence-electron chi connectivity index (χ0n) is 8.71. The second-order valence-corrected chi connectivity index (χ2v) is 4.00. The number of amides is 1. The van der Waals surface area contributed by atoms with Gasteiger partial charge in [0, 0.05) is 6.20 Å². The molecule has 1 saturated carbocycles. The highest BCUT2D eigenvalue weighted by atomic mass is 19.4. The van der Waals surface area contributed by atoms with E-state index in [4.69, 9.17) is 5.73 Å². The van der Waals surface area contributed by atoms with Gasteiger partial charge in [0.1, 0.15) is 5.54 Å².